The molecule has 1 aliphatic rings. The van der Waals surface area contributed by atoms with E-state index in [2.05, 4.69) is 11.0 Å². The third kappa shape index (κ3) is 2.07. The molecular formula is C13H15FN2. The Labute approximate surface area is 95.3 Å². The molecule has 0 saturated carbocycles. The fourth-order valence-corrected chi connectivity index (χ4v) is 2.29. The number of nitriles is 1. The Hall–Kier alpha value is -1.40. The Morgan fingerprint density at radius 1 is 1.38 bits per heavy atom. The Morgan fingerprint density at radius 2 is 2.06 bits per heavy atom. The number of halogens is 1. The second kappa shape index (κ2) is 4.63. The van der Waals surface area contributed by atoms with E-state index in [9.17, 15) is 9.65 Å². The summed E-state index contributed by atoms with van der Waals surface area (Å²) in [4.78, 5) is 2.17. The van der Waals surface area contributed by atoms with Crippen LogP contribution in [0.2, 0.25) is 0 Å². The number of likely N-dealkylation sites (tertiary alicyclic amines) is 1. The van der Waals surface area contributed by atoms with Gasteiger partial charge in [0.05, 0.1) is 6.07 Å². The van der Waals surface area contributed by atoms with Gasteiger partial charge in [-0.2, -0.15) is 5.26 Å². The maximum absolute atomic E-state index is 13.0. The molecule has 1 aromatic rings. The monoisotopic (exact) mass is 218 g/mol. The molecule has 2 nitrogen and oxygen atoms in total. The van der Waals surface area contributed by atoms with Crippen LogP contribution in [0.1, 0.15) is 30.0 Å². The summed E-state index contributed by atoms with van der Waals surface area (Å²) in [6.07, 6.45) is 2.30. The molecule has 3 heteroatoms. The Bertz CT molecular complexity index is 416. The lowest BCUT2D eigenvalue weighted by Crippen LogP contribution is -2.25. The highest BCUT2D eigenvalue weighted by atomic mass is 19.1. The van der Waals surface area contributed by atoms with Crippen molar-refractivity contribution >= 4 is 0 Å². The smallest absolute Gasteiger partial charge is 0.124 e. The molecule has 1 saturated heterocycles. The van der Waals surface area contributed by atoms with Crippen LogP contribution in [-0.2, 0) is 0 Å². The van der Waals surface area contributed by atoms with Crippen molar-refractivity contribution < 1.29 is 4.39 Å². The van der Waals surface area contributed by atoms with Crippen molar-refractivity contribution in [3.63, 3.8) is 0 Å². The van der Waals surface area contributed by atoms with Gasteiger partial charge < -0.3 is 0 Å². The minimum atomic E-state index is -0.237. The van der Waals surface area contributed by atoms with Gasteiger partial charge in [0.15, 0.2) is 0 Å². The van der Waals surface area contributed by atoms with Gasteiger partial charge in [-0.1, -0.05) is 6.07 Å². The van der Waals surface area contributed by atoms with Crippen molar-refractivity contribution in [2.75, 3.05) is 13.1 Å². The number of hydrogen-bond acceptors (Lipinski definition) is 2. The normalized spacial score (nSPS) is 18.3. The Morgan fingerprint density at radius 3 is 2.62 bits per heavy atom. The van der Waals surface area contributed by atoms with Crippen LogP contribution >= 0.6 is 0 Å². The maximum atomic E-state index is 13.0. The van der Waals surface area contributed by atoms with Crippen LogP contribution in [0.15, 0.2) is 18.2 Å². The average Bonchev–Trinajstić information content (AvgIpc) is 2.75. The van der Waals surface area contributed by atoms with E-state index < -0.39 is 0 Å². The van der Waals surface area contributed by atoms with E-state index in [1.54, 1.807) is 6.07 Å². The first kappa shape index (κ1) is 11.1. The third-order valence-electron chi connectivity index (χ3n) is 3.15. The highest BCUT2D eigenvalue weighted by molar-refractivity contribution is 5.33. The second-order valence-corrected chi connectivity index (χ2v) is 4.28. The van der Waals surface area contributed by atoms with Crippen molar-refractivity contribution in [1.29, 1.82) is 5.26 Å². The summed E-state index contributed by atoms with van der Waals surface area (Å²) >= 11 is 0. The van der Waals surface area contributed by atoms with E-state index in [0.717, 1.165) is 37.1 Å². The van der Waals surface area contributed by atoms with Crippen LogP contribution < -0.4 is 0 Å². The van der Waals surface area contributed by atoms with Gasteiger partial charge in [-0.3, -0.25) is 4.90 Å². The van der Waals surface area contributed by atoms with Crippen molar-refractivity contribution in [3.8, 4) is 6.07 Å². The molecule has 2 rings (SSSR count). The molecule has 0 N–H and O–H groups in total. The van der Waals surface area contributed by atoms with E-state index in [4.69, 9.17) is 0 Å². The quantitative estimate of drug-likeness (QED) is 0.763. The standard InChI is InChI=1S/C13H15FN2/c1-10-8-11(14)4-5-12(10)13(9-15)16-6-2-3-7-16/h4-5,8,13H,2-3,6-7H2,1H3. The topological polar surface area (TPSA) is 27.0 Å². The minimum Gasteiger partial charge on any atom is -0.284 e. The van der Waals surface area contributed by atoms with E-state index >= 15 is 0 Å². The molecule has 1 heterocycles. The van der Waals surface area contributed by atoms with E-state index in [1.165, 1.54) is 12.1 Å². The molecule has 1 unspecified atom stereocenters. The molecule has 0 aliphatic carbocycles. The lowest BCUT2D eigenvalue weighted by molar-refractivity contribution is 0.293. The fraction of sp³-hybridized carbons (Fsp3) is 0.462. The van der Waals surface area contributed by atoms with Gasteiger partial charge in [-0.05, 0) is 56.1 Å². The summed E-state index contributed by atoms with van der Waals surface area (Å²) in [6, 6.07) is 6.77. The predicted molar refractivity (Wildman–Crippen MR) is 60.3 cm³/mol. The van der Waals surface area contributed by atoms with Gasteiger partial charge in [0.2, 0.25) is 0 Å². The molecule has 0 spiro atoms. The molecule has 1 aliphatic heterocycles. The van der Waals surface area contributed by atoms with Gasteiger partial charge in [0.25, 0.3) is 0 Å². The summed E-state index contributed by atoms with van der Waals surface area (Å²) in [7, 11) is 0. The van der Waals surface area contributed by atoms with Crippen molar-refractivity contribution in [2.45, 2.75) is 25.8 Å². The predicted octanol–water partition coefficient (Wildman–Crippen LogP) is 2.79. The van der Waals surface area contributed by atoms with Gasteiger partial charge in [0.1, 0.15) is 11.9 Å². The van der Waals surface area contributed by atoms with Crippen LogP contribution in [-0.4, -0.2) is 18.0 Å². The summed E-state index contributed by atoms with van der Waals surface area (Å²) < 4.78 is 13.0. The minimum absolute atomic E-state index is 0.219. The van der Waals surface area contributed by atoms with Gasteiger partial charge in [0, 0.05) is 0 Å². The lowest BCUT2D eigenvalue weighted by Gasteiger charge is -2.22. The summed E-state index contributed by atoms with van der Waals surface area (Å²) in [6.45, 7) is 3.79. The van der Waals surface area contributed by atoms with Crippen LogP contribution in [0.5, 0.6) is 0 Å². The van der Waals surface area contributed by atoms with E-state index in [-0.39, 0.29) is 11.9 Å². The van der Waals surface area contributed by atoms with Crippen LogP contribution in [0, 0.1) is 24.1 Å². The van der Waals surface area contributed by atoms with Gasteiger partial charge in [-0.15, -0.1) is 0 Å². The summed E-state index contributed by atoms with van der Waals surface area (Å²) in [5.74, 6) is -0.237. The second-order valence-electron chi connectivity index (χ2n) is 4.28. The molecule has 1 aromatic carbocycles. The zero-order chi connectivity index (χ0) is 11.5. The number of hydrogen-bond donors (Lipinski definition) is 0. The highest BCUT2D eigenvalue weighted by Gasteiger charge is 2.24. The van der Waals surface area contributed by atoms with Crippen LogP contribution in [0.4, 0.5) is 4.39 Å². The van der Waals surface area contributed by atoms with Crippen LogP contribution in [0.25, 0.3) is 0 Å². The number of aryl methyl sites for hydroxylation is 1. The van der Waals surface area contributed by atoms with Gasteiger partial charge in [-0.25, -0.2) is 4.39 Å². The molecule has 84 valence electrons. The first-order valence-electron chi connectivity index (χ1n) is 5.62. The van der Waals surface area contributed by atoms with Crippen molar-refractivity contribution in [2.24, 2.45) is 0 Å². The zero-order valence-electron chi connectivity index (χ0n) is 9.41. The van der Waals surface area contributed by atoms with Crippen molar-refractivity contribution in [1.82, 2.24) is 4.90 Å². The third-order valence-corrected chi connectivity index (χ3v) is 3.15. The first-order valence-corrected chi connectivity index (χ1v) is 5.62. The number of rotatable bonds is 2. The molecule has 1 fully saturated rings. The highest BCUT2D eigenvalue weighted by Crippen LogP contribution is 2.27. The molecule has 0 amide bonds. The summed E-state index contributed by atoms with van der Waals surface area (Å²) in [5, 5.41) is 9.25. The molecule has 0 aromatic heterocycles. The molecule has 16 heavy (non-hydrogen) atoms. The molecule has 0 radical (unpaired) electrons. The number of nitrogens with zero attached hydrogens (tertiary/aromatic N) is 2. The van der Waals surface area contributed by atoms with Crippen molar-refractivity contribution in [3.05, 3.63) is 35.1 Å². The largest absolute Gasteiger partial charge is 0.284 e. The Kier molecular flexibility index (Phi) is 3.21. The summed E-state index contributed by atoms with van der Waals surface area (Å²) in [5.41, 5.74) is 1.80. The van der Waals surface area contributed by atoms with Crippen LogP contribution in [0.3, 0.4) is 0 Å². The first-order chi connectivity index (χ1) is 7.72. The Balaban J connectivity index is 2.30. The van der Waals surface area contributed by atoms with Gasteiger partial charge >= 0.3 is 0 Å². The zero-order valence-corrected chi connectivity index (χ0v) is 9.41. The average molecular weight is 218 g/mol. The molecular weight excluding hydrogens is 203 g/mol. The van der Waals surface area contributed by atoms with E-state index in [1.807, 2.05) is 6.92 Å². The molecule has 1 atom stereocenters. The molecule has 0 bridgehead atoms. The lowest BCUT2D eigenvalue weighted by atomic mass is 10.0. The maximum Gasteiger partial charge on any atom is 0.124 e. The SMILES string of the molecule is Cc1cc(F)ccc1C(C#N)N1CCCC1. The number of benzene rings is 1. The van der Waals surface area contributed by atoms with E-state index in [0.29, 0.717) is 0 Å². The fourth-order valence-electron chi connectivity index (χ4n) is 2.29.